The lowest BCUT2D eigenvalue weighted by atomic mass is 10.2. The summed E-state index contributed by atoms with van der Waals surface area (Å²) in [7, 11) is 0. The average molecular weight is 207 g/mol. The van der Waals surface area contributed by atoms with Crippen molar-refractivity contribution in [1.29, 1.82) is 0 Å². The van der Waals surface area contributed by atoms with Crippen molar-refractivity contribution in [2.24, 2.45) is 5.92 Å². The van der Waals surface area contributed by atoms with Crippen molar-refractivity contribution in [3.63, 3.8) is 0 Å². The van der Waals surface area contributed by atoms with Crippen LogP contribution in [0, 0.1) is 5.92 Å². The number of alkyl halides is 1. The smallest absolute Gasteiger partial charge is 0.0723 e. The zero-order valence-electron chi connectivity index (χ0n) is 6.69. The van der Waals surface area contributed by atoms with Gasteiger partial charge in [-0.15, -0.1) is 0 Å². The maximum absolute atomic E-state index is 5.66. The Bertz CT molecular complexity index is 108. The lowest BCUT2D eigenvalue weighted by Crippen LogP contribution is -2.27. The molecule has 0 bridgehead atoms. The van der Waals surface area contributed by atoms with Crippen LogP contribution < -0.4 is 0 Å². The largest absolute Gasteiger partial charge is 0.374 e. The Labute approximate surface area is 71.3 Å². The highest BCUT2D eigenvalue weighted by Gasteiger charge is 2.25. The molecule has 2 heteroatoms. The minimum atomic E-state index is 0.0303. The molecule has 0 aromatic heterocycles. The molecule has 0 saturated heterocycles. The first-order valence-corrected chi connectivity index (χ1v) is 4.96. The van der Waals surface area contributed by atoms with Gasteiger partial charge in [0.1, 0.15) is 0 Å². The SMILES string of the molecule is CC(C)(CBr)OCC1CC1. The van der Waals surface area contributed by atoms with E-state index in [0.29, 0.717) is 0 Å². The molecule has 0 unspecified atom stereocenters. The minimum absolute atomic E-state index is 0.0303. The topological polar surface area (TPSA) is 9.23 Å². The second-order valence-corrected chi connectivity index (χ2v) is 4.21. The first-order chi connectivity index (χ1) is 4.64. The Balaban J connectivity index is 2.09. The summed E-state index contributed by atoms with van der Waals surface area (Å²) in [5, 5.41) is 0.923. The maximum atomic E-state index is 5.66. The molecule has 1 fully saturated rings. The zero-order chi connectivity index (χ0) is 7.61. The van der Waals surface area contributed by atoms with E-state index in [1.54, 1.807) is 0 Å². The van der Waals surface area contributed by atoms with Crippen LogP contribution in [0.5, 0.6) is 0 Å². The van der Waals surface area contributed by atoms with Crippen molar-refractivity contribution in [1.82, 2.24) is 0 Å². The van der Waals surface area contributed by atoms with E-state index in [-0.39, 0.29) is 5.60 Å². The average Bonchev–Trinajstić information content (AvgIpc) is 2.66. The predicted octanol–water partition coefficient (Wildman–Crippen LogP) is 2.59. The van der Waals surface area contributed by atoms with Gasteiger partial charge in [-0.05, 0) is 32.6 Å². The molecule has 0 spiro atoms. The molecular formula is C8H15BrO. The van der Waals surface area contributed by atoms with Gasteiger partial charge in [0.15, 0.2) is 0 Å². The summed E-state index contributed by atoms with van der Waals surface area (Å²) in [6.45, 7) is 5.19. The predicted molar refractivity (Wildman–Crippen MR) is 46.5 cm³/mol. The summed E-state index contributed by atoms with van der Waals surface area (Å²) in [5.74, 6) is 0.873. The van der Waals surface area contributed by atoms with Crippen molar-refractivity contribution in [3.8, 4) is 0 Å². The highest BCUT2D eigenvalue weighted by Crippen LogP contribution is 2.30. The Kier molecular flexibility index (Phi) is 2.75. The van der Waals surface area contributed by atoms with Gasteiger partial charge in [0.2, 0.25) is 0 Å². The summed E-state index contributed by atoms with van der Waals surface area (Å²) in [6, 6.07) is 0. The number of hydrogen-bond acceptors (Lipinski definition) is 1. The first-order valence-electron chi connectivity index (χ1n) is 3.84. The third-order valence-corrected chi connectivity index (χ3v) is 3.08. The van der Waals surface area contributed by atoms with Crippen LogP contribution in [0.25, 0.3) is 0 Å². The van der Waals surface area contributed by atoms with Crippen molar-refractivity contribution in [3.05, 3.63) is 0 Å². The molecule has 0 N–H and O–H groups in total. The van der Waals surface area contributed by atoms with E-state index in [1.165, 1.54) is 12.8 Å². The fourth-order valence-corrected chi connectivity index (χ4v) is 0.828. The Morgan fingerprint density at radius 2 is 2.10 bits per heavy atom. The number of ether oxygens (including phenoxy) is 1. The van der Waals surface area contributed by atoms with Crippen LogP contribution in [0.4, 0.5) is 0 Å². The highest BCUT2D eigenvalue weighted by molar-refractivity contribution is 9.09. The Morgan fingerprint density at radius 3 is 2.50 bits per heavy atom. The molecule has 1 aliphatic rings. The monoisotopic (exact) mass is 206 g/mol. The van der Waals surface area contributed by atoms with Gasteiger partial charge in [0, 0.05) is 5.33 Å². The minimum Gasteiger partial charge on any atom is -0.374 e. The van der Waals surface area contributed by atoms with Crippen LogP contribution in [-0.2, 0) is 4.74 Å². The number of hydrogen-bond donors (Lipinski definition) is 0. The molecule has 0 amide bonds. The molecule has 0 heterocycles. The van der Waals surface area contributed by atoms with Crippen LogP contribution in [-0.4, -0.2) is 17.5 Å². The molecule has 0 radical (unpaired) electrons. The van der Waals surface area contributed by atoms with E-state index < -0.39 is 0 Å². The van der Waals surface area contributed by atoms with Crippen LogP contribution in [0.1, 0.15) is 26.7 Å². The fraction of sp³-hybridized carbons (Fsp3) is 1.00. The molecule has 60 valence electrons. The summed E-state index contributed by atoms with van der Waals surface area (Å²) >= 11 is 3.42. The first kappa shape index (κ1) is 8.54. The normalized spacial score (nSPS) is 19.5. The van der Waals surface area contributed by atoms with E-state index in [1.807, 2.05) is 0 Å². The Hall–Kier alpha value is 0.440. The molecule has 0 aliphatic heterocycles. The van der Waals surface area contributed by atoms with Gasteiger partial charge in [0.05, 0.1) is 12.2 Å². The van der Waals surface area contributed by atoms with Crippen molar-refractivity contribution < 1.29 is 4.74 Å². The van der Waals surface area contributed by atoms with E-state index in [2.05, 4.69) is 29.8 Å². The summed E-state index contributed by atoms with van der Waals surface area (Å²) in [4.78, 5) is 0. The molecule has 1 saturated carbocycles. The van der Waals surface area contributed by atoms with Crippen molar-refractivity contribution in [2.45, 2.75) is 32.3 Å². The van der Waals surface area contributed by atoms with E-state index in [0.717, 1.165) is 17.9 Å². The van der Waals surface area contributed by atoms with Gasteiger partial charge >= 0.3 is 0 Å². The van der Waals surface area contributed by atoms with Crippen LogP contribution in [0.2, 0.25) is 0 Å². The zero-order valence-corrected chi connectivity index (χ0v) is 8.28. The van der Waals surface area contributed by atoms with Gasteiger partial charge < -0.3 is 4.74 Å². The van der Waals surface area contributed by atoms with Gasteiger partial charge in [-0.2, -0.15) is 0 Å². The summed E-state index contributed by atoms with van der Waals surface area (Å²) in [6.07, 6.45) is 2.75. The van der Waals surface area contributed by atoms with Gasteiger partial charge in [-0.3, -0.25) is 0 Å². The molecule has 1 nitrogen and oxygen atoms in total. The lowest BCUT2D eigenvalue weighted by molar-refractivity contribution is -0.00424. The number of rotatable bonds is 4. The van der Waals surface area contributed by atoms with Gasteiger partial charge in [0.25, 0.3) is 0 Å². The van der Waals surface area contributed by atoms with Crippen LogP contribution >= 0.6 is 15.9 Å². The molecule has 0 aromatic carbocycles. The van der Waals surface area contributed by atoms with Crippen molar-refractivity contribution >= 4 is 15.9 Å². The van der Waals surface area contributed by atoms with E-state index >= 15 is 0 Å². The van der Waals surface area contributed by atoms with Gasteiger partial charge in [-0.1, -0.05) is 15.9 Å². The third kappa shape index (κ3) is 3.02. The fourth-order valence-electron chi connectivity index (χ4n) is 0.667. The third-order valence-electron chi connectivity index (χ3n) is 1.73. The molecule has 10 heavy (non-hydrogen) atoms. The molecule has 1 aliphatic carbocycles. The van der Waals surface area contributed by atoms with E-state index in [9.17, 15) is 0 Å². The number of halogens is 1. The summed E-state index contributed by atoms with van der Waals surface area (Å²) < 4.78 is 5.66. The van der Waals surface area contributed by atoms with Gasteiger partial charge in [-0.25, -0.2) is 0 Å². The maximum Gasteiger partial charge on any atom is 0.0723 e. The second kappa shape index (κ2) is 3.22. The second-order valence-electron chi connectivity index (χ2n) is 3.65. The standard InChI is InChI=1S/C8H15BrO/c1-8(2,6-9)10-5-7-3-4-7/h7H,3-6H2,1-2H3. The van der Waals surface area contributed by atoms with Crippen LogP contribution in [0.15, 0.2) is 0 Å². The van der Waals surface area contributed by atoms with E-state index in [4.69, 9.17) is 4.74 Å². The Morgan fingerprint density at radius 1 is 1.50 bits per heavy atom. The van der Waals surface area contributed by atoms with Crippen molar-refractivity contribution in [2.75, 3.05) is 11.9 Å². The molecule has 1 rings (SSSR count). The highest BCUT2D eigenvalue weighted by atomic mass is 79.9. The molecular weight excluding hydrogens is 192 g/mol. The quantitative estimate of drug-likeness (QED) is 0.644. The summed E-state index contributed by atoms with van der Waals surface area (Å²) in [5.41, 5.74) is 0.0303. The lowest BCUT2D eigenvalue weighted by Gasteiger charge is -2.22. The molecule has 0 atom stereocenters. The van der Waals surface area contributed by atoms with Crippen LogP contribution in [0.3, 0.4) is 0 Å². The molecule has 0 aromatic rings.